The van der Waals surface area contributed by atoms with E-state index in [2.05, 4.69) is 18.0 Å². The second-order valence-electron chi connectivity index (χ2n) is 8.43. The Labute approximate surface area is 215 Å². The van der Waals surface area contributed by atoms with E-state index < -0.39 is 22.0 Å². The SMILES string of the molecule is CCCCCCCCC/C=C/CCC(=O)C1=NCC[N+]1(CCO)CC(O)CS(=O)(=O)[O-].[Na+]. The summed E-state index contributed by atoms with van der Waals surface area (Å²) >= 11 is 0. The molecule has 2 atom stereocenters. The van der Waals surface area contributed by atoms with Crippen LogP contribution in [0, 0.1) is 0 Å². The molecule has 2 N–H and O–H groups in total. The van der Waals surface area contributed by atoms with Crippen LogP contribution in [0.5, 0.6) is 0 Å². The molecule has 0 bridgehead atoms. The summed E-state index contributed by atoms with van der Waals surface area (Å²) in [4.78, 5) is 17.0. The average Bonchev–Trinajstić information content (AvgIpc) is 3.07. The molecule has 0 aromatic rings. The van der Waals surface area contributed by atoms with Crippen molar-refractivity contribution in [3.63, 3.8) is 0 Å². The van der Waals surface area contributed by atoms with E-state index >= 15 is 0 Å². The van der Waals surface area contributed by atoms with Crippen LogP contribution in [-0.2, 0) is 14.9 Å². The summed E-state index contributed by atoms with van der Waals surface area (Å²) in [5.74, 6) is -0.818. The Balaban J connectivity index is 0.00000961. The number of carbonyl (C=O) groups excluding carboxylic acids is 1. The van der Waals surface area contributed by atoms with Gasteiger partial charge in [-0.25, -0.2) is 13.4 Å². The van der Waals surface area contributed by atoms with E-state index in [1.807, 2.05) is 6.08 Å². The molecule has 0 aliphatic carbocycles. The van der Waals surface area contributed by atoms with Gasteiger partial charge >= 0.3 is 29.6 Å². The summed E-state index contributed by atoms with van der Waals surface area (Å²) in [6, 6.07) is 0. The number of ketones is 1. The first-order valence-electron chi connectivity index (χ1n) is 11.6. The van der Waals surface area contributed by atoms with Crippen molar-refractivity contribution in [2.24, 2.45) is 4.99 Å². The van der Waals surface area contributed by atoms with Crippen molar-refractivity contribution >= 4 is 21.7 Å². The van der Waals surface area contributed by atoms with Crippen LogP contribution in [0.1, 0.15) is 71.1 Å². The summed E-state index contributed by atoms with van der Waals surface area (Å²) in [5, 5.41) is 19.5. The fraction of sp³-hybridized carbons (Fsp3) is 0.818. The van der Waals surface area contributed by atoms with Gasteiger partial charge in [0.1, 0.15) is 25.7 Å². The van der Waals surface area contributed by atoms with E-state index in [4.69, 9.17) is 0 Å². The number of rotatable bonds is 18. The monoisotopic (exact) mass is 483 g/mol. The van der Waals surface area contributed by atoms with Gasteiger partial charge in [-0.1, -0.05) is 57.6 Å². The molecule has 0 fully saturated rings. The normalized spacial score (nSPS) is 19.7. The standard InChI is InChI=1S/C22H40N2O6S.Na/c1-2-3-4-5-6-7-8-9-10-11-12-13-21(27)22-23-14-15-24(22,16-17-25)18-20(26)19-31(28,29)30;/h10-11,20,25-26H,2-9,12-19H2,1H3;/q;+1/b11-10+;. The summed E-state index contributed by atoms with van der Waals surface area (Å²) in [6.07, 6.45) is 13.4. The molecule has 0 spiro atoms. The Morgan fingerprint density at radius 1 is 1.16 bits per heavy atom. The second kappa shape index (κ2) is 17.3. The molecule has 0 saturated carbocycles. The molecule has 0 saturated heterocycles. The number of aliphatic hydroxyl groups is 2. The molecule has 0 aromatic heterocycles. The molecule has 8 nitrogen and oxygen atoms in total. The van der Waals surface area contributed by atoms with Crippen LogP contribution >= 0.6 is 0 Å². The molecule has 1 aliphatic heterocycles. The topological polar surface area (TPSA) is 127 Å². The number of amidine groups is 1. The average molecular weight is 484 g/mol. The van der Waals surface area contributed by atoms with E-state index in [1.54, 1.807) is 0 Å². The maximum Gasteiger partial charge on any atom is 1.00 e. The van der Waals surface area contributed by atoms with Crippen LogP contribution in [0.15, 0.2) is 17.1 Å². The van der Waals surface area contributed by atoms with Gasteiger partial charge in [-0.3, -0.25) is 9.28 Å². The summed E-state index contributed by atoms with van der Waals surface area (Å²) in [6.45, 7) is 2.76. The minimum atomic E-state index is -4.58. The van der Waals surface area contributed by atoms with Crippen LogP contribution < -0.4 is 29.6 Å². The van der Waals surface area contributed by atoms with Crippen molar-refractivity contribution in [1.29, 1.82) is 0 Å². The zero-order valence-corrected chi connectivity index (χ0v) is 22.7. The summed E-state index contributed by atoms with van der Waals surface area (Å²) in [7, 11) is -4.58. The van der Waals surface area contributed by atoms with Crippen molar-refractivity contribution in [2.45, 2.75) is 77.2 Å². The van der Waals surface area contributed by atoms with E-state index in [9.17, 15) is 28.0 Å². The zero-order valence-electron chi connectivity index (χ0n) is 19.9. The van der Waals surface area contributed by atoms with Gasteiger partial charge in [-0.2, -0.15) is 0 Å². The first kappa shape index (κ1) is 31.9. The van der Waals surface area contributed by atoms with Gasteiger partial charge in [-0.15, -0.1) is 0 Å². The number of carbonyl (C=O) groups is 1. The number of quaternary nitrogens is 1. The third-order valence-electron chi connectivity index (χ3n) is 5.65. The Morgan fingerprint density at radius 2 is 1.78 bits per heavy atom. The van der Waals surface area contributed by atoms with Gasteiger partial charge < -0.3 is 14.8 Å². The van der Waals surface area contributed by atoms with Crippen molar-refractivity contribution in [3.8, 4) is 0 Å². The molecule has 0 radical (unpaired) electrons. The van der Waals surface area contributed by atoms with E-state index in [-0.39, 0.29) is 71.8 Å². The summed E-state index contributed by atoms with van der Waals surface area (Å²) < 4.78 is 32.8. The molecule has 1 heterocycles. The van der Waals surface area contributed by atoms with Gasteiger partial charge in [0.15, 0.2) is 0 Å². The Bertz CT molecular complexity index is 699. The zero-order chi connectivity index (χ0) is 23.2. The quantitative estimate of drug-likeness (QED) is 0.0861. The molecule has 10 heteroatoms. The van der Waals surface area contributed by atoms with Gasteiger partial charge in [0.2, 0.25) is 5.78 Å². The first-order valence-corrected chi connectivity index (χ1v) is 13.1. The number of unbranched alkanes of at least 4 members (excludes halogenated alkanes) is 7. The number of Topliss-reactive ketones (excluding diaryl/α,β-unsaturated/α-hetero) is 1. The molecule has 180 valence electrons. The number of hydrogen-bond acceptors (Lipinski definition) is 7. The smallest absolute Gasteiger partial charge is 0.748 e. The van der Waals surface area contributed by atoms with Crippen molar-refractivity contribution in [2.75, 3.05) is 38.5 Å². The Morgan fingerprint density at radius 3 is 2.41 bits per heavy atom. The molecule has 0 aromatic carbocycles. The molecule has 1 aliphatic rings. The maximum absolute atomic E-state index is 12.7. The first-order chi connectivity index (χ1) is 14.7. The summed E-state index contributed by atoms with van der Waals surface area (Å²) in [5.41, 5.74) is 0. The minimum Gasteiger partial charge on any atom is -0.748 e. The fourth-order valence-electron chi connectivity index (χ4n) is 4.11. The van der Waals surface area contributed by atoms with Gasteiger partial charge in [0, 0.05) is 6.42 Å². The number of nitrogens with zero attached hydrogens (tertiary/aromatic N) is 2. The van der Waals surface area contributed by atoms with Crippen LogP contribution in [0.2, 0.25) is 0 Å². The van der Waals surface area contributed by atoms with E-state index in [1.165, 1.54) is 38.5 Å². The van der Waals surface area contributed by atoms with Crippen molar-refractivity contribution in [3.05, 3.63) is 12.2 Å². The third kappa shape index (κ3) is 12.9. The van der Waals surface area contributed by atoms with Crippen molar-refractivity contribution < 1.29 is 62.0 Å². The minimum absolute atomic E-state index is 0. The number of aliphatic hydroxyl groups excluding tert-OH is 2. The third-order valence-corrected chi connectivity index (χ3v) is 6.45. The second-order valence-corrected chi connectivity index (χ2v) is 9.87. The van der Waals surface area contributed by atoms with Crippen LogP contribution in [0.25, 0.3) is 0 Å². The predicted molar refractivity (Wildman–Crippen MR) is 121 cm³/mol. The van der Waals surface area contributed by atoms with Gasteiger partial charge in [-0.05, 0) is 19.3 Å². The molecular formula is C22H40N2NaO6S+. The van der Waals surface area contributed by atoms with E-state index in [0.717, 1.165) is 12.8 Å². The fourth-order valence-corrected chi connectivity index (χ4v) is 4.68. The number of allylic oxidation sites excluding steroid dienone is 2. The number of aliphatic imine (C=N–C) groups is 1. The van der Waals surface area contributed by atoms with Crippen LogP contribution in [-0.4, -0.2) is 83.9 Å². The molecular weight excluding hydrogens is 443 g/mol. The maximum atomic E-state index is 12.7. The molecule has 1 rings (SSSR count). The number of hydrogen-bond donors (Lipinski definition) is 2. The molecule has 2 unspecified atom stereocenters. The Hall–Kier alpha value is -0.130. The van der Waals surface area contributed by atoms with Crippen molar-refractivity contribution in [1.82, 2.24) is 0 Å². The molecule has 0 amide bonds. The van der Waals surface area contributed by atoms with Crippen LogP contribution in [0.3, 0.4) is 0 Å². The predicted octanol–water partition coefficient (Wildman–Crippen LogP) is -0.836. The van der Waals surface area contributed by atoms with Gasteiger partial charge in [0.25, 0.3) is 5.84 Å². The van der Waals surface area contributed by atoms with Gasteiger partial charge in [0.05, 0.1) is 29.0 Å². The molecule has 32 heavy (non-hydrogen) atoms. The Kier molecular flexibility index (Phi) is 17.3. The van der Waals surface area contributed by atoms with Crippen LogP contribution in [0.4, 0.5) is 0 Å². The largest absolute Gasteiger partial charge is 1.00 e. The van der Waals surface area contributed by atoms with E-state index in [0.29, 0.717) is 19.5 Å².